The molecule has 52 heavy (non-hydrogen) atoms. The Bertz CT molecular complexity index is 1730. The molecule has 3 amide bonds. The van der Waals surface area contributed by atoms with E-state index in [9.17, 15) is 9.90 Å². The van der Waals surface area contributed by atoms with Gasteiger partial charge < -0.3 is 24.7 Å². The third-order valence-electron chi connectivity index (χ3n) is 11.4. The van der Waals surface area contributed by atoms with Gasteiger partial charge in [0, 0.05) is 49.3 Å². The van der Waals surface area contributed by atoms with Crippen LogP contribution in [0.3, 0.4) is 0 Å². The molecule has 3 aromatic carbocycles. The van der Waals surface area contributed by atoms with Crippen LogP contribution in [-0.2, 0) is 27.3 Å². The molecule has 3 fully saturated rings. The number of benzene rings is 3. The number of nitrogens with zero attached hydrogens (tertiary/aromatic N) is 4. The Balaban J connectivity index is 1.43. The van der Waals surface area contributed by atoms with E-state index in [1.54, 1.807) is 38.6 Å². The SMILES string of the molecule is C=CCN(Cc1ccccc1)C(=O)[C@@H]1[C@H]2C(=O)N([C@@H](CO)Cc3ccccc3)C(C(=O)N(CC=C)c3ccc(N(CC)CC)cc3)C23S[C@@H]1CC3C. The minimum absolute atomic E-state index is 0.0203. The summed E-state index contributed by atoms with van der Waals surface area (Å²) in [6.45, 7) is 16.7. The van der Waals surface area contributed by atoms with E-state index in [-0.39, 0.29) is 42.0 Å². The van der Waals surface area contributed by atoms with Gasteiger partial charge in [-0.3, -0.25) is 14.4 Å². The van der Waals surface area contributed by atoms with Crippen molar-refractivity contribution in [2.24, 2.45) is 17.8 Å². The smallest absolute Gasteiger partial charge is 0.251 e. The van der Waals surface area contributed by atoms with Crippen molar-refractivity contribution < 1.29 is 19.5 Å². The van der Waals surface area contributed by atoms with E-state index in [2.05, 4.69) is 38.8 Å². The zero-order chi connectivity index (χ0) is 37.0. The molecule has 9 heteroatoms. The second-order valence-corrected chi connectivity index (χ2v) is 15.8. The predicted octanol–water partition coefficient (Wildman–Crippen LogP) is 6.21. The number of carbonyl (C=O) groups is 3. The number of anilines is 2. The van der Waals surface area contributed by atoms with Crippen molar-refractivity contribution in [1.82, 2.24) is 9.80 Å². The molecular weight excluding hydrogens is 669 g/mol. The minimum Gasteiger partial charge on any atom is -0.394 e. The highest BCUT2D eigenvalue weighted by Gasteiger charge is 2.77. The van der Waals surface area contributed by atoms with Crippen LogP contribution in [0.4, 0.5) is 11.4 Å². The van der Waals surface area contributed by atoms with E-state index in [1.807, 2.05) is 84.9 Å². The molecule has 6 rings (SSSR count). The predicted molar refractivity (Wildman–Crippen MR) is 211 cm³/mol. The van der Waals surface area contributed by atoms with E-state index < -0.39 is 28.7 Å². The van der Waals surface area contributed by atoms with Crippen molar-refractivity contribution in [1.29, 1.82) is 0 Å². The highest BCUT2D eigenvalue weighted by atomic mass is 32.2. The van der Waals surface area contributed by atoms with Crippen molar-refractivity contribution in [3.8, 4) is 0 Å². The van der Waals surface area contributed by atoms with Gasteiger partial charge in [0.15, 0.2) is 0 Å². The second-order valence-electron chi connectivity index (χ2n) is 14.2. The molecule has 0 aromatic heterocycles. The van der Waals surface area contributed by atoms with Gasteiger partial charge in [-0.05, 0) is 68.0 Å². The molecule has 1 spiro atoms. The molecule has 274 valence electrons. The van der Waals surface area contributed by atoms with Crippen molar-refractivity contribution in [3.05, 3.63) is 121 Å². The Morgan fingerprint density at radius 1 is 0.904 bits per heavy atom. The van der Waals surface area contributed by atoms with Gasteiger partial charge in [-0.25, -0.2) is 0 Å². The van der Waals surface area contributed by atoms with Gasteiger partial charge in [-0.15, -0.1) is 24.9 Å². The summed E-state index contributed by atoms with van der Waals surface area (Å²) in [5.74, 6) is -1.85. The van der Waals surface area contributed by atoms with Crippen LogP contribution in [0, 0.1) is 17.8 Å². The Labute approximate surface area is 313 Å². The number of hydrogen-bond acceptors (Lipinski definition) is 6. The topological polar surface area (TPSA) is 84.4 Å². The fraction of sp³-hybridized carbons (Fsp3) is 0.419. The summed E-state index contributed by atoms with van der Waals surface area (Å²) >= 11 is 1.66. The maximum atomic E-state index is 15.4. The Kier molecular flexibility index (Phi) is 11.6. The van der Waals surface area contributed by atoms with Gasteiger partial charge >= 0.3 is 0 Å². The zero-order valence-electron chi connectivity index (χ0n) is 30.6. The van der Waals surface area contributed by atoms with Crippen LogP contribution < -0.4 is 9.80 Å². The monoisotopic (exact) mass is 720 g/mol. The average molecular weight is 721 g/mol. The van der Waals surface area contributed by atoms with Crippen LogP contribution in [0.25, 0.3) is 0 Å². The minimum atomic E-state index is -0.891. The maximum Gasteiger partial charge on any atom is 0.251 e. The fourth-order valence-corrected chi connectivity index (χ4v) is 11.4. The standard InChI is InChI=1S/C43H52N4O4S/c1-6-24-45(28-32-18-14-11-15-19-32)40(49)37-36-26-30(5)43(52-36)38(37)41(50)47(35(29-48)27-31-16-12-10-13-17-31)39(43)42(51)46(25-7-2)34-22-20-33(21-23-34)44(8-3)9-4/h6-7,10-23,30,35-39,48H,1-2,8-9,24-29H2,3-5H3/t30?,35-,36-,37+,38+,39?,43?/m1/s1. The van der Waals surface area contributed by atoms with Crippen LogP contribution in [0.1, 0.15) is 38.3 Å². The summed E-state index contributed by atoms with van der Waals surface area (Å²) in [5.41, 5.74) is 3.75. The fourth-order valence-electron chi connectivity index (χ4n) is 8.99. The number of aliphatic hydroxyl groups is 1. The number of fused-ring (bicyclic) bond motifs is 1. The zero-order valence-corrected chi connectivity index (χ0v) is 31.5. The molecule has 2 bridgehead atoms. The van der Waals surface area contributed by atoms with Crippen LogP contribution in [0.2, 0.25) is 0 Å². The number of likely N-dealkylation sites (tertiary alicyclic amines) is 1. The molecule has 1 N–H and O–H groups in total. The normalized spacial score (nSPS) is 25.0. The number of rotatable bonds is 16. The number of thioether (sulfide) groups is 1. The summed E-state index contributed by atoms with van der Waals surface area (Å²) < 4.78 is -0.851. The molecule has 0 radical (unpaired) electrons. The van der Waals surface area contributed by atoms with E-state index in [1.165, 1.54) is 0 Å². The molecule has 0 aliphatic carbocycles. The summed E-state index contributed by atoms with van der Waals surface area (Å²) in [6.07, 6.45) is 4.55. The molecule has 0 saturated carbocycles. The Hall–Kier alpha value is -4.34. The third-order valence-corrected chi connectivity index (χ3v) is 13.4. The maximum absolute atomic E-state index is 15.4. The first-order valence-corrected chi connectivity index (χ1v) is 19.5. The van der Waals surface area contributed by atoms with Crippen molar-refractivity contribution >= 4 is 40.9 Å². The van der Waals surface area contributed by atoms with Gasteiger partial charge in [0.1, 0.15) is 6.04 Å². The summed E-state index contributed by atoms with van der Waals surface area (Å²) in [4.78, 5) is 52.8. The lowest BCUT2D eigenvalue weighted by Gasteiger charge is -2.42. The van der Waals surface area contributed by atoms with Gasteiger partial charge in [-0.1, -0.05) is 79.7 Å². The quantitative estimate of drug-likeness (QED) is 0.177. The Morgan fingerprint density at radius 3 is 2.08 bits per heavy atom. The third kappa shape index (κ3) is 6.69. The molecular formula is C43H52N4O4S. The number of amides is 3. The number of aliphatic hydroxyl groups excluding tert-OH is 1. The van der Waals surface area contributed by atoms with Crippen LogP contribution in [0.15, 0.2) is 110 Å². The lowest BCUT2D eigenvalue weighted by Crippen LogP contribution is -2.59. The van der Waals surface area contributed by atoms with Gasteiger partial charge in [0.05, 0.1) is 29.2 Å². The van der Waals surface area contributed by atoms with Crippen LogP contribution in [-0.4, -0.2) is 87.5 Å². The highest BCUT2D eigenvalue weighted by molar-refractivity contribution is 8.02. The first-order valence-electron chi connectivity index (χ1n) is 18.6. The van der Waals surface area contributed by atoms with Crippen molar-refractivity contribution in [2.45, 2.75) is 62.2 Å². The van der Waals surface area contributed by atoms with Crippen molar-refractivity contribution in [2.75, 3.05) is 42.6 Å². The number of carbonyl (C=O) groups excluding carboxylic acids is 3. The summed E-state index contributed by atoms with van der Waals surface area (Å²) in [6, 6.07) is 26.1. The van der Waals surface area contributed by atoms with E-state index >= 15 is 9.59 Å². The Morgan fingerprint density at radius 2 is 1.50 bits per heavy atom. The molecule has 3 aromatic rings. The largest absolute Gasteiger partial charge is 0.394 e. The molecule has 3 unspecified atom stereocenters. The first-order chi connectivity index (χ1) is 25.2. The molecule has 3 saturated heterocycles. The van der Waals surface area contributed by atoms with Crippen LogP contribution in [0.5, 0.6) is 0 Å². The van der Waals surface area contributed by atoms with Crippen LogP contribution >= 0.6 is 11.8 Å². The van der Waals surface area contributed by atoms with Crippen molar-refractivity contribution in [3.63, 3.8) is 0 Å². The molecule has 3 aliphatic heterocycles. The summed E-state index contributed by atoms with van der Waals surface area (Å²) in [7, 11) is 0. The first kappa shape index (κ1) is 37.4. The molecule has 8 nitrogen and oxygen atoms in total. The lowest BCUT2D eigenvalue weighted by molar-refractivity contribution is -0.145. The highest BCUT2D eigenvalue weighted by Crippen LogP contribution is 2.69. The lowest BCUT2D eigenvalue weighted by atomic mass is 9.65. The molecule has 3 heterocycles. The van der Waals surface area contributed by atoms with Gasteiger partial charge in [0.25, 0.3) is 5.91 Å². The van der Waals surface area contributed by atoms with E-state index in [4.69, 9.17) is 0 Å². The van der Waals surface area contributed by atoms with Gasteiger partial charge in [0.2, 0.25) is 11.8 Å². The summed E-state index contributed by atoms with van der Waals surface area (Å²) in [5, 5.41) is 10.9. The average Bonchev–Trinajstić information content (AvgIpc) is 3.77. The second kappa shape index (κ2) is 16.1. The van der Waals surface area contributed by atoms with Gasteiger partial charge in [-0.2, -0.15) is 0 Å². The molecule has 3 aliphatic rings. The number of hydrogen-bond donors (Lipinski definition) is 1. The van der Waals surface area contributed by atoms with E-state index in [0.29, 0.717) is 19.5 Å². The van der Waals surface area contributed by atoms with E-state index in [0.717, 1.165) is 42.0 Å². The molecule has 7 atom stereocenters.